The molecule has 2 nitrogen and oxygen atoms in total. The fraction of sp³-hybridized carbons (Fsp3) is 0. The largest absolute Gasteiger partial charge is 0.256 e. The highest BCUT2D eigenvalue weighted by Gasteiger charge is 2.03. The Labute approximate surface area is 69.2 Å². The summed E-state index contributed by atoms with van der Waals surface area (Å²) in [6.07, 6.45) is 5.36. The second kappa shape index (κ2) is 2.47. The minimum atomic E-state index is 0.505. The van der Waals surface area contributed by atoms with Gasteiger partial charge >= 0.3 is 0 Å². The van der Waals surface area contributed by atoms with Gasteiger partial charge in [0.05, 0.1) is 5.71 Å². The van der Waals surface area contributed by atoms with Crippen molar-refractivity contribution in [2.45, 2.75) is 0 Å². The third-order valence-corrected chi connectivity index (χ3v) is 1.68. The van der Waals surface area contributed by atoms with Crippen LogP contribution in [0.5, 0.6) is 0 Å². The summed E-state index contributed by atoms with van der Waals surface area (Å²) >= 11 is 5.68. The molecule has 0 saturated carbocycles. The molecule has 0 aromatic carbocycles. The number of aliphatic imine (C=N–C) groups is 1. The smallest absolute Gasteiger partial charge is 0.129 e. The van der Waals surface area contributed by atoms with Crippen LogP contribution < -0.4 is 0 Å². The van der Waals surface area contributed by atoms with Crippen LogP contribution in [0.25, 0.3) is 0 Å². The van der Waals surface area contributed by atoms with Crippen LogP contribution in [-0.2, 0) is 0 Å². The van der Waals surface area contributed by atoms with Crippen LogP contribution in [0.15, 0.2) is 35.6 Å². The molecule has 0 spiro atoms. The van der Waals surface area contributed by atoms with Gasteiger partial charge in [0.1, 0.15) is 5.15 Å². The Morgan fingerprint density at radius 3 is 2.73 bits per heavy atom. The van der Waals surface area contributed by atoms with E-state index in [1.165, 1.54) is 0 Å². The maximum atomic E-state index is 5.68. The van der Waals surface area contributed by atoms with E-state index in [1.54, 1.807) is 18.5 Å². The number of hydrogen-bond donors (Lipinski definition) is 0. The second-order valence-electron chi connectivity index (χ2n) is 2.20. The van der Waals surface area contributed by atoms with Crippen LogP contribution in [0.4, 0.5) is 0 Å². The van der Waals surface area contributed by atoms with Gasteiger partial charge in [0.25, 0.3) is 0 Å². The van der Waals surface area contributed by atoms with E-state index in [9.17, 15) is 0 Å². The quantitative estimate of drug-likeness (QED) is 0.584. The Morgan fingerprint density at radius 2 is 2.18 bits per heavy atom. The van der Waals surface area contributed by atoms with Gasteiger partial charge in [-0.3, -0.25) is 4.99 Å². The van der Waals surface area contributed by atoms with Gasteiger partial charge in [-0.25, -0.2) is 4.98 Å². The molecule has 0 saturated heterocycles. The van der Waals surface area contributed by atoms with Gasteiger partial charge in [-0.1, -0.05) is 11.6 Å². The molecule has 0 amide bonds. The maximum absolute atomic E-state index is 5.68. The van der Waals surface area contributed by atoms with Gasteiger partial charge < -0.3 is 0 Å². The molecule has 3 heteroatoms. The Bertz CT molecular complexity index is 342. The summed E-state index contributed by atoms with van der Waals surface area (Å²) in [7, 11) is 0. The predicted octanol–water partition coefficient (Wildman–Crippen LogP) is 2.05. The van der Waals surface area contributed by atoms with Gasteiger partial charge in [-0.05, 0) is 18.2 Å². The number of nitrogens with zero attached hydrogens (tertiary/aromatic N) is 2. The van der Waals surface area contributed by atoms with Crippen molar-refractivity contribution in [3.8, 4) is 0 Å². The topological polar surface area (TPSA) is 25.2 Å². The molecule has 2 heterocycles. The highest BCUT2D eigenvalue weighted by Crippen LogP contribution is 2.12. The molecule has 1 aliphatic heterocycles. The van der Waals surface area contributed by atoms with E-state index in [2.05, 4.69) is 9.98 Å². The summed E-state index contributed by atoms with van der Waals surface area (Å²) in [5.41, 5.74) is 1.99. The monoisotopic (exact) mass is 164 g/mol. The summed E-state index contributed by atoms with van der Waals surface area (Å²) < 4.78 is 0. The van der Waals surface area contributed by atoms with Crippen molar-refractivity contribution >= 4 is 17.3 Å². The molecular weight excluding hydrogens is 160 g/mol. The zero-order chi connectivity index (χ0) is 7.68. The van der Waals surface area contributed by atoms with Crippen molar-refractivity contribution in [2.75, 3.05) is 0 Å². The lowest BCUT2D eigenvalue weighted by Gasteiger charge is -2.04. The molecule has 11 heavy (non-hydrogen) atoms. The first kappa shape index (κ1) is 6.55. The summed E-state index contributed by atoms with van der Waals surface area (Å²) in [5, 5.41) is 0.505. The molecule has 1 aromatic rings. The van der Waals surface area contributed by atoms with Crippen LogP contribution >= 0.6 is 11.6 Å². The first-order valence-electron chi connectivity index (χ1n) is 3.22. The van der Waals surface area contributed by atoms with Crippen LogP contribution in [-0.4, -0.2) is 10.7 Å². The molecule has 1 aliphatic rings. The van der Waals surface area contributed by atoms with E-state index in [1.807, 2.05) is 12.1 Å². The lowest BCUT2D eigenvalue weighted by molar-refractivity contribution is 1.31. The number of halogens is 1. The minimum absolute atomic E-state index is 0.505. The molecule has 2 rings (SSSR count). The molecular formula is C8H5ClN2. The van der Waals surface area contributed by atoms with Gasteiger partial charge in [-0.2, -0.15) is 0 Å². The van der Waals surface area contributed by atoms with Crippen molar-refractivity contribution in [3.63, 3.8) is 0 Å². The maximum Gasteiger partial charge on any atom is 0.129 e. The Morgan fingerprint density at radius 1 is 1.36 bits per heavy atom. The fourth-order valence-corrected chi connectivity index (χ4v) is 1.06. The standard InChI is InChI=1S/C8H5ClN2/c9-8-5-6(1-3-11-8)7-2-4-10-7/h1-5H. The van der Waals surface area contributed by atoms with Crippen molar-refractivity contribution in [1.29, 1.82) is 0 Å². The summed E-state index contributed by atoms with van der Waals surface area (Å²) in [6.45, 7) is 0. The van der Waals surface area contributed by atoms with E-state index in [4.69, 9.17) is 11.6 Å². The van der Waals surface area contributed by atoms with E-state index in [-0.39, 0.29) is 0 Å². The third kappa shape index (κ3) is 1.17. The highest BCUT2D eigenvalue weighted by molar-refractivity contribution is 6.30. The first-order valence-corrected chi connectivity index (χ1v) is 3.60. The highest BCUT2D eigenvalue weighted by atomic mass is 35.5. The summed E-state index contributed by atoms with van der Waals surface area (Å²) in [6, 6.07) is 3.68. The van der Waals surface area contributed by atoms with Gasteiger partial charge in [0.15, 0.2) is 0 Å². The van der Waals surface area contributed by atoms with Gasteiger partial charge in [0, 0.05) is 18.0 Å². The molecule has 0 radical (unpaired) electrons. The number of aromatic nitrogens is 1. The molecule has 0 bridgehead atoms. The zero-order valence-corrected chi connectivity index (χ0v) is 6.42. The first-order chi connectivity index (χ1) is 5.36. The molecule has 0 atom stereocenters. The Kier molecular flexibility index (Phi) is 1.47. The molecule has 0 aliphatic carbocycles. The number of hydrogen-bond acceptors (Lipinski definition) is 2. The lowest BCUT2D eigenvalue weighted by atomic mass is 10.1. The number of allylic oxidation sites excluding steroid dienone is 1. The Balaban J connectivity index is 2.38. The van der Waals surface area contributed by atoms with Crippen LogP contribution in [0.1, 0.15) is 5.56 Å². The molecule has 0 unspecified atom stereocenters. The number of pyridine rings is 1. The zero-order valence-electron chi connectivity index (χ0n) is 5.66. The minimum Gasteiger partial charge on any atom is -0.256 e. The van der Waals surface area contributed by atoms with E-state index in [0.29, 0.717) is 5.15 Å². The molecule has 0 N–H and O–H groups in total. The normalized spacial score (nSPS) is 14.1. The van der Waals surface area contributed by atoms with E-state index in [0.717, 1.165) is 11.3 Å². The average Bonchev–Trinajstić information content (AvgIpc) is 1.83. The summed E-state index contributed by atoms with van der Waals surface area (Å²) in [5.74, 6) is 0. The third-order valence-electron chi connectivity index (χ3n) is 1.47. The van der Waals surface area contributed by atoms with Crippen molar-refractivity contribution in [3.05, 3.63) is 41.3 Å². The average molecular weight is 165 g/mol. The Hall–Kier alpha value is -1.15. The van der Waals surface area contributed by atoms with E-state index >= 15 is 0 Å². The van der Waals surface area contributed by atoms with Crippen molar-refractivity contribution in [1.82, 2.24) is 4.98 Å². The predicted molar refractivity (Wildman–Crippen MR) is 44.9 cm³/mol. The van der Waals surface area contributed by atoms with Gasteiger partial charge in [-0.15, -0.1) is 0 Å². The fourth-order valence-electron chi connectivity index (χ4n) is 0.882. The van der Waals surface area contributed by atoms with Crippen LogP contribution in [0.3, 0.4) is 0 Å². The molecule has 54 valence electrons. The SMILES string of the molecule is Clc1cc(C2=NC=C2)ccn1. The van der Waals surface area contributed by atoms with Crippen molar-refractivity contribution < 1.29 is 0 Å². The molecule has 1 aromatic heterocycles. The molecule has 0 fully saturated rings. The van der Waals surface area contributed by atoms with Crippen molar-refractivity contribution in [2.24, 2.45) is 4.99 Å². The van der Waals surface area contributed by atoms with Crippen LogP contribution in [0.2, 0.25) is 5.15 Å². The second-order valence-corrected chi connectivity index (χ2v) is 2.58. The lowest BCUT2D eigenvalue weighted by Crippen LogP contribution is -2.01. The number of rotatable bonds is 1. The van der Waals surface area contributed by atoms with Crippen LogP contribution in [0, 0.1) is 0 Å². The van der Waals surface area contributed by atoms with Gasteiger partial charge in [0.2, 0.25) is 0 Å². The van der Waals surface area contributed by atoms with E-state index < -0.39 is 0 Å². The summed E-state index contributed by atoms with van der Waals surface area (Å²) in [4.78, 5) is 7.90.